The summed E-state index contributed by atoms with van der Waals surface area (Å²) in [7, 11) is 0. The maximum absolute atomic E-state index is 11.1. The molecule has 1 unspecified atom stereocenters. The van der Waals surface area contributed by atoms with E-state index in [0.717, 1.165) is 25.8 Å². The van der Waals surface area contributed by atoms with Crippen LogP contribution in [0.4, 0.5) is 0 Å². The van der Waals surface area contributed by atoms with Gasteiger partial charge in [0.2, 0.25) is 5.91 Å². The summed E-state index contributed by atoms with van der Waals surface area (Å²) in [5.74, 6) is 0.228. The Labute approximate surface area is 67.5 Å². The van der Waals surface area contributed by atoms with E-state index >= 15 is 0 Å². The van der Waals surface area contributed by atoms with Crippen LogP contribution in [0.2, 0.25) is 0 Å². The Morgan fingerprint density at radius 2 is 2.45 bits per heavy atom. The smallest absolute Gasteiger partial charge is 0.223 e. The largest absolute Gasteiger partial charge is 0.327 e. The summed E-state index contributed by atoms with van der Waals surface area (Å²) in [5, 5.41) is 0. The standard InChI is InChI=1S/C8H16N2O/c1-2-4-7(9)10-6-3-5-8(10)11/h7H,2-6,9H2,1H3. The highest BCUT2D eigenvalue weighted by Crippen LogP contribution is 2.13. The Balaban J connectivity index is 2.39. The molecule has 0 aromatic heterocycles. The van der Waals surface area contributed by atoms with Crippen LogP contribution in [-0.4, -0.2) is 23.5 Å². The molecule has 1 atom stereocenters. The third-order valence-corrected chi connectivity index (χ3v) is 2.09. The van der Waals surface area contributed by atoms with Crippen LogP contribution in [0.3, 0.4) is 0 Å². The number of carbonyl (C=O) groups is 1. The van der Waals surface area contributed by atoms with Crippen LogP contribution in [0.25, 0.3) is 0 Å². The normalized spacial score (nSPS) is 20.9. The lowest BCUT2D eigenvalue weighted by atomic mass is 10.2. The maximum atomic E-state index is 11.1. The SMILES string of the molecule is CCCC(N)N1CCCC1=O. The van der Waals surface area contributed by atoms with Gasteiger partial charge in [0.15, 0.2) is 0 Å². The predicted octanol–water partition coefficient (Wildman–Crippen LogP) is 0.694. The average molecular weight is 156 g/mol. The first-order valence-corrected chi connectivity index (χ1v) is 4.30. The fourth-order valence-electron chi connectivity index (χ4n) is 1.47. The lowest BCUT2D eigenvalue weighted by Gasteiger charge is -2.23. The third-order valence-electron chi connectivity index (χ3n) is 2.09. The van der Waals surface area contributed by atoms with E-state index in [9.17, 15) is 4.79 Å². The van der Waals surface area contributed by atoms with Gasteiger partial charge in [0, 0.05) is 13.0 Å². The number of nitrogens with two attached hydrogens (primary N) is 1. The van der Waals surface area contributed by atoms with E-state index in [1.165, 1.54) is 0 Å². The van der Waals surface area contributed by atoms with Crippen molar-refractivity contribution < 1.29 is 4.79 Å². The quantitative estimate of drug-likeness (QED) is 0.653. The number of rotatable bonds is 3. The molecule has 1 aliphatic rings. The second-order valence-corrected chi connectivity index (χ2v) is 3.05. The van der Waals surface area contributed by atoms with Crippen LogP contribution in [-0.2, 0) is 4.79 Å². The molecule has 3 nitrogen and oxygen atoms in total. The van der Waals surface area contributed by atoms with Gasteiger partial charge >= 0.3 is 0 Å². The van der Waals surface area contributed by atoms with Gasteiger partial charge in [-0.2, -0.15) is 0 Å². The molecule has 0 aromatic carbocycles. The summed E-state index contributed by atoms with van der Waals surface area (Å²) in [6, 6.07) is 0. The molecule has 1 fully saturated rings. The Hall–Kier alpha value is -0.570. The molecule has 1 amide bonds. The van der Waals surface area contributed by atoms with Gasteiger partial charge in [-0.25, -0.2) is 0 Å². The first kappa shape index (κ1) is 8.53. The van der Waals surface area contributed by atoms with Gasteiger partial charge in [-0.1, -0.05) is 13.3 Å². The second-order valence-electron chi connectivity index (χ2n) is 3.05. The highest BCUT2D eigenvalue weighted by atomic mass is 16.2. The van der Waals surface area contributed by atoms with Gasteiger partial charge in [0.25, 0.3) is 0 Å². The number of hydrogen-bond acceptors (Lipinski definition) is 2. The van der Waals surface area contributed by atoms with E-state index in [4.69, 9.17) is 5.73 Å². The number of likely N-dealkylation sites (tertiary alicyclic amines) is 1. The van der Waals surface area contributed by atoms with E-state index in [2.05, 4.69) is 6.92 Å². The first-order chi connectivity index (χ1) is 5.25. The molecule has 1 aliphatic heterocycles. The van der Waals surface area contributed by atoms with Gasteiger partial charge < -0.3 is 10.6 Å². The molecule has 0 aromatic rings. The zero-order valence-electron chi connectivity index (χ0n) is 7.05. The monoisotopic (exact) mass is 156 g/mol. The van der Waals surface area contributed by atoms with E-state index in [1.807, 2.05) is 0 Å². The van der Waals surface area contributed by atoms with Crippen molar-refractivity contribution >= 4 is 5.91 Å². The maximum Gasteiger partial charge on any atom is 0.223 e. The van der Waals surface area contributed by atoms with Crippen LogP contribution < -0.4 is 5.73 Å². The average Bonchev–Trinajstić information content (AvgIpc) is 2.36. The molecule has 1 rings (SSSR count). The first-order valence-electron chi connectivity index (χ1n) is 4.30. The van der Waals surface area contributed by atoms with Crippen molar-refractivity contribution in [2.24, 2.45) is 5.73 Å². The summed E-state index contributed by atoms with van der Waals surface area (Å²) >= 11 is 0. The topological polar surface area (TPSA) is 46.3 Å². The third kappa shape index (κ3) is 1.93. The number of nitrogens with zero attached hydrogens (tertiary/aromatic N) is 1. The van der Waals surface area contributed by atoms with Crippen molar-refractivity contribution in [3.63, 3.8) is 0 Å². The second kappa shape index (κ2) is 3.72. The highest BCUT2D eigenvalue weighted by molar-refractivity contribution is 5.78. The van der Waals surface area contributed by atoms with Gasteiger partial charge in [-0.05, 0) is 12.8 Å². The van der Waals surface area contributed by atoms with Gasteiger partial charge in [-0.3, -0.25) is 4.79 Å². The van der Waals surface area contributed by atoms with E-state index < -0.39 is 0 Å². The van der Waals surface area contributed by atoms with E-state index in [-0.39, 0.29) is 12.1 Å². The lowest BCUT2D eigenvalue weighted by Crippen LogP contribution is -2.42. The molecule has 2 N–H and O–H groups in total. The van der Waals surface area contributed by atoms with Crippen molar-refractivity contribution in [2.75, 3.05) is 6.54 Å². The lowest BCUT2D eigenvalue weighted by molar-refractivity contribution is -0.129. The molecule has 0 spiro atoms. The molecular weight excluding hydrogens is 140 g/mol. The van der Waals surface area contributed by atoms with Gasteiger partial charge in [0.1, 0.15) is 0 Å². The summed E-state index contributed by atoms with van der Waals surface area (Å²) in [6.45, 7) is 2.94. The van der Waals surface area contributed by atoms with Gasteiger partial charge in [0.05, 0.1) is 6.17 Å². The van der Waals surface area contributed by atoms with Crippen molar-refractivity contribution in [1.29, 1.82) is 0 Å². The molecule has 1 heterocycles. The fraction of sp³-hybridized carbons (Fsp3) is 0.875. The van der Waals surface area contributed by atoms with Crippen LogP contribution >= 0.6 is 0 Å². The van der Waals surface area contributed by atoms with E-state index in [1.54, 1.807) is 4.90 Å². The van der Waals surface area contributed by atoms with Crippen LogP contribution in [0.15, 0.2) is 0 Å². The molecule has 64 valence electrons. The zero-order chi connectivity index (χ0) is 8.27. The minimum Gasteiger partial charge on any atom is -0.327 e. The molecule has 3 heteroatoms. The predicted molar refractivity (Wildman–Crippen MR) is 43.8 cm³/mol. The molecule has 0 aliphatic carbocycles. The minimum atomic E-state index is -0.0324. The van der Waals surface area contributed by atoms with Crippen molar-refractivity contribution in [1.82, 2.24) is 4.90 Å². The fourth-order valence-corrected chi connectivity index (χ4v) is 1.47. The Bertz CT molecular complexity index is 147. The van der Waals surface area contributed by atoms with Crippen molar-refractivity contribution in [3.8, 4) is 0 Å². The molecule has 1 saturated heterocycles. The van der Waals surface area contributed by atoms with Gasteiger partial charge in [-0.15, -0.1) is 0 Å². The number of carbonyl (C=O) groups excluding carboxylic acids is 1. The number of amides is 1. The molecule has 0 saturated carbocycles. The summed E-state index contributed by atoms with van der Waals surface area (Å²) in [6.07, 6.45) is 3.61. The van der Waals surface area contributed by atoms with Crippen LogP contribution in [0.1, 0.15) is 32.6 Å². The summed E-state index contributed by atoms with van der Waals surface area (Å²) < 4.78 is 0. The van der Waals surface area contributed by atoms with E-state index in [0.29, 0.717) is 6.42 Å². The molecule has 0 radical (unpaired) electrons. The highest BCUT2D eigenvalue weighted by Gasteiger charge is 2.24. The van der Waals surface area contributed by atoms with Crippen LogP contribution in [0, 0.1) is 0 Å². The van der Waals surface area contributed by atoms with Crippen molar-refractivity contribution in [2.45, 2.75) is 38.8 Å². The zero-order valence-corrected chi connectivity index (χ0v) is 7.05. The molecular formula is C8H16N2O. The Morgan fingerprint density at radius 1 is 1.73 bits per heavy atom. The summed E-state index contributed by atoms with van der Waals surface area (Å²) in [4.78, 5) is 12.9. The Morgan fingerprint density at radius 3 is 2.91 bits per heavy atom. The van der Waals surface area contributed by atoms with Crippen LogP contribution in [0.5, 0.6) is 0 Å². The molecule has 11 heavy (non-hydrogen) atoms. The number of hydrogen-bond donors (Lipinski definition) is 1. The molecule has 0 bridgehead atoms. The van der Waals surface area contributed by atoms with Crippen molar-refractivity contribution in [3.05, 3.63) is 0 Å². The Kier molecular flexibility index (Phi) is 2.88. The minimum absolute atomic E-state index is 0.0324. The summed E-state index contributed by atoms with van der Waals surface area (Å²) in [5.41, 5.74) is 5.78.